The van der Waals surface area contributed by atoms with Crippen LogP contribution in [-0.4, -0.2) is 41.3 Å². The minimum atomic E-state index is -3.60. The number of hydrogen-bond acceptors (Lipinski definition) is 4. The third kappa shape index (κ3) is 4.48. The normalized spacial score (nSPS) is 14.7. The van der Waals surface area contributed by atoms with Crippen molar-refractivity contribution in [2.45, 2.75) is 24.3 Å². The maximum atomic E-state index is 12.9. The van der Waals surface area contributed by atoms with Gasteiger partial charge in [-0.1, -0.05) is 12.1 Å². The Morgan fingerprint density at radius 3 is 2.67 bits per heavy atom. The molecule has 9 heteroatoms. The number of carbonyl (C=O) groups is 1. The number of benzene rings is 2. The zero-order chi connectivity index (χ0) is 21.1. The van der Waals surface area contributed by atoms with Crippen LogP contribution in [0.15, 0.2) is 70.6 Å². The number of halogens is 1. The van der Waals surface area contributed by atoms with Gasteiger partial charge in [-0.3, -0.25) is 4.79 Å². The fraction of sp³-hybridized carbons (Fsp3) is 0.238. The van der Waals surface area contributed by atoms with E-state index in [1.165, 1.54) is 16.4 Å². The maximum Gasteiger partial charge on any atom is 0.256 e. The Kier molecular flexibility index (Phi) is 6.03. The molecule has 0 unspecified atom stereocenters. The Labute approximate surface area is 183 Å². The van der Waals surface area contributed by atoms with Crippen LogP contribution in [0.2, 0.25) is 0 Å². The van der Waals surface area contributed by atoms with E-state index in [1.54, 1.807) is 24.7 Å². The molecule has 1 fully saturated rings. The van der Waals surface area contributed by atoms with Crippen molar-refractivity contribution in [1.29, 1.82) is 0 Å². The van der Waals surface area contributed by atoms with Crippen molar-refractivity contribution in [3.63, 3.8) is 0 Å². The third-order valence-corrected chi connectivity index (χ3v) is 7.58. The van der Waals surface area contributed by atoms with Gasteiger partial charge in [0.1, 0.15) is 0 Å². The lowest BCUT2D eigenvalue weighted by Gasteiger charge is -2.16. The Bertz CT molecular complexity index is 1160. The Morgan fingerprint density at radius 2 is 1.93 bits per heavy atom. The first-order valence-electron chi connectivity index (χ1n) is 9.59. The first-order valence-corrected chi connectivity index (χ1v) is 11.8. The summed E-state index contributed by atoms with van der Waals surface area (Å²) in [6.45, 7) is 1.67. The SMILES string of the molecule is O=C(Nc1cccc(Cn2ccnc2)c1)c1cc(S(=O)(=O)N2CCCC2)ccc1Br. The number of hydrogen-bond donors (Lipinski definition) is 1. The van der Waals surface area contributed by atoms with E-state index in [4.69, 9.17) is 0 Å². The van der Waals surface area contributed by atoms with Gasteiger partial charge in [0.2, 0.25) is 10.0 Å². The van der Waals surface area contributed by atoms with Gasteiger partial charge in [-0.15, -0.1) is 0 Å². The fourth-order valence-corrected chi connectivity index (χ4v) is 5.42. The number of nitrogens with zero attached hydrogens (tertiary/aromatic N) is 3. The van der Waals surface area contributed by atoms with Gasteiger partial charge in [0.25, 0.3) is 5.91 Å². The molecule has 1 N–H and O–H groups in total. The molecular weight excluding hydrogens is 468 g/mol. The van der Waals surface area contributed by atoms with Crippen molar-refractivity contribution in [1.82, 2.24) is 13.9 Å². The number of aromatic nitrogens is 2. The van der Waals surface area contributed by atoms with Gasteiger partial charge < -0.3 is 9.88 Å². The van der Waals surface area contributed by atoms with E-state index < -0.39 is 10.0 Å². The summed E-state index contributed by atoms with van der Waals surface area (Å²) >= 11 is 3.37. The van der Waals surface area contributed by atoms with Crippen LogP contribution in [-0.2, 0) is 16.6 Å². The molecule has 1 aliphatic heterocycles. The molecule has 1 saturated heterocycles. The Balaban J connectivity index is 1.55. The van der Waals surface area contributed by atoms with E-state index in [0.717, 1.165) is 18.4 Å². The molecule has 2 aromatic carbocycles. The van der Waals surface area contributed by atoms with Crippen molar-refractivity contribution in [2.24, 2.45) is 0 Å². The standard InChI is InChI=1S/C21H21BrN4O3S/c22-20-7-6-18(30(28,29)26-9-1-2-10-26)13-19(20)21(27)24-17-5-3-4-16(12-17)14-25-11-8-23-15-25/h3-8,11-13,15H,1-2,9-10,14H2,(H,24,27). The van der Waals surface area contributed by atoms with E-state index >= 15 is 0 Å². The quantitative estimate of drug-likeness (QED) is 0.572. The van der Waals surface area contributed by atoms with E-state index in [2.05, 4.69) is 26.2 Å². The van der Waals surface area contributed by atoms with Crippen molar-refractivity contribution in [3.05, 3.63) is 76.8 Å². The van der Waals surface area contributed by atoms with Crippen LogP contribution < -0.4 is 5.32 Å². The molecule has 1 aliphatic rings. The van der Waals surface area contributed by atoms with Crippen LogP contribution in [0.5, 0.6) is 0 Å². The molecule has 30 heavy (non-hydrogen) atoms. The lowest BCUT2D eigenvalue weighted by Crippen LogP contribution is -2.28. The number of amides is 1. The number of sulfonamides is 1. The molecule has 0 aliphatic carbocycles. The molecule has 1 aromatic heterocycles. The smallest absolute Gasteiger partial charge is 0.256 e. The summed E-state index contributed by atoms with van der Waals surface area (Å²) in [7, 11) is -3.60. The highest BCUT2D eigenvalue weighted by atomic mass is 79.9. The zero-order valence-corrected chi connectivity index (χ0v) is 18.6. The molecule has 7 nitrogen and oxygen atoms in total. The lowest BCUT2D eigenvalue weighted by molar-refractivity contribution is 0.102. The summed E-state index contributed by atoms with van der Waals surface area (Å²) in [4.78, 5) is 17.1. The number of nitrogens with one attached hydrogen (secondary N) is 1. The monoisotopic (exact) mass is 488 g/mol. The predicted molar refractivity (Wildman–Crippen MR) is 118 cm³/mol. The number of anilines is 1. The summed E-state index contributed by atoms with van der Waals surface area (Å²) in [5, 5.41) is 2.87. The van der Waals surface area contributed by atoms with E-state index in [9.17, 15) is 13.2 Å². The molecular formula is C21H21BrN4O3S. The summed E-state index contributed by atoms with van der Waals surface area (Å²) in [6.07, 6.45) is 7.03. The van der Waals surface area contributed by atoms with Crippen LogP contribution >= 0.6 is 15.9 Å². The molecule has 3 aromatic rings. The fourth-order valence-electron chi connectivity index (χ4n) is 3.45. The molecule has 0 bridgehead atoms. The lowest BCUT2D eigenvalue weighted by atomic mass is 10.1. The second-order valence-corrected chi connectivity index (χ2v) is 9.93. The molecule has 2 heterocycles. The average Bonchev–Trinajstić information content (AvgIpc) is 3.43. The number of imidazole rings is 1. The predicted octanol–water partition coefficient (Wildman–Crippen LogP) is 3.73. The highest BCUT2D eigenvalue weighted by molar-refractivity contribution is 9.10. The number of rotatable bonds is 6. The Morgan fingerprint density at radius 1 is 1.13 bits per heavy atom. The van der Waals surface area contributed by atoms with Crippen LogP contribution in [0.3, 0.4) is 0 Å². The van der Waals surface area contributed by atoms with Gasteiger partial charge in [0.05, 0.1) is 16.8 Å². The highest BCUT2D eigenvalue weighted by Crippen LogP contribution is 2.26. The van der Waals surface area contributed by atoms with Gasteiger partial charge in [0, 0.05) is 42.2 Å². The zero-order valence-electron chi connectivity index (χ0n) is 16.2. The molecule has 156 valence electrons. The van der Waals surface area contributed by atoms with Crippen molar-refractivity contribution in [3.8, 4) is 0 Å². The van der Waals surface area contributed by atoms with Crippen molar-refractivity contribution in [2.75, 3.05) is 18.4 Å². The van der Waals surface area contributed by atoms with Crippen LogP contribution in [0.4, 0.5) is 5.69 Å². The largest absolute Gasteiger partial charge is 0.333 e. The number of carbonyl (C=O) groups excluding carboxylic acids is 1. The first kappa shape index (κ1) is 20.8. The molecule has 0 radical (unpaired) electrons. The van der Waals surface area contributed by atoms with Gasteiger partial charge in [-0.25, -0.2) is 13.4 Å². The summed E-state index contributed by atoms with van der Waals surface area (Å²) < 4.78 is 29.6. The minimum absolute atomic E-state index is 0.131. The maximum absolute atomic E-state index is 12.9. The molecule has 4 rings (SSSR count). The summed E-state index contributed by atoms with van der Waals surface area (Å²) in [5.41, 5.74) is 1.92. The van der Waals surface area contributed by atoms with Gasteiger partial charge in [-0.2, -0.15) is 4.31 Å². The second-order valence-electron chi connectivity index (χ2n) is 7.14. The van der Waals surface area contributed by atoms with E-state index in [0.29, 0.717) is 29.8 Å². The average molecular weight is 489 g/mol. The van der Waals surface area contributed by atoms with E-state index in [1.807, 2.05) is 29.0 Å². The third-order valence-electron chi connectivity index (χ3n) is 4.99. The second kappa shape index (κ2) is 8.71. The summed E-state index contributed by atoms with van der Waals surface area (Å²) in [5.74, 6) is -0.375. The van der Waals surface area contributed by atoms with Gasteiger partial charge >= 0.3 is 0 Å². The van der Waals surface area contributed by atoms with Crippen LogP contribution in [0.1, 0.15) is 28.8 Å². The Hall–Kier alpha value is -2.49. The minimum Gasteiger partial charge on any atom is -0.333 e. The van der Waals surface area contributed by atoms with Crippen LogP contribution in [0.25, 0.3) is 0 Å². The van der Waals surface area contributed by atoms with Gasteiger partial charge in [0.15, 0.2) is 0 Å². The van der Waals surface area contributed by atoms with E-state index in [-0.39, 0.29) is 16.4 Å². The van der Waals surface area contributed by atoms with Crippen molar-refractivity contribution >= 4 is 37.5 Å². The topological polar surface area (TPSA) is 84.3 Å². The van der Waals surface area contributed by atoms with Gasteiger partial charge in [-0.05, 0) is 64.7 Å². The molecule has 1 amide bonds. The van der Waals surface area contributed by atoms with Crippen LogP contribution in [0, 0.1) is 0 Å². The molecule has 0 atom stereocenters. The summed E-state index contributed by atoms with van der Waals surface area (Å²) in [6, 6.07) is 12.1. The molecule has 0 saturated carbocycles. The first-order chi connectivity index (χ1) is 14.4. The highest BCUT2D eigenvalue weighted by Gasteiger charge is 2.28. The van der Waals surface area contributed by atoms with Crippen molar-refractivity contribution < 1.29 is 13.2 Å². The molecule has 0 spiro atoms.